The molecule has 15 rings (SSSR count). The normalized spacial score (nSPS) is 13.2. The number of para-hydroxylation sites is 2. The lowest BCUT2D eigenvalue weighted by atomic mass is 9.71. The first kappa shape index (κ1) is 52.5. The molecule has 0 saturated heterocycles. The molecular weight excluding hydrogens is 1050 g/mol. The summed E-state index contributed by atoms with van der Waals surface area (Å²) in [6.45, 7) is 2.43. The van der Waals surface area contributed by atoms with Gasteiger partial charge in [-0.2, -0.15) is 0 Å². The number of hydrogen-bond acceptors (Lipinski definition) is 3. The lowest BCUT2D eigenvalue weighted by molar-refractivity contribution is 0.716. The van der Waals surface area contributed by atoms with E-state index in [0.29, 0.717) is 0 Å². The van der Waals surface area contributed by atoms with Crippen molar-refractivity contribution in [1.29, 1.82) is 0 Å². The standard InChI is InChI=1S/C84H61N3/c1-84(67-33-11-4-12-34-67)82-57-64(61-27-9-3-10-28-61)51-54-80(82)81-48-24-47-79(83(81)84)66-32-20-40-72(56-66)87(75-43-22-41-73(58-75)85(68-35-13-5-14-36-68)70-52-49-62(50-53-70)60-25-7-2-8-26-60)76-44-23-42-74(59-76)86(69-37-15-6-16-38-69)71-39-19-31-65(55-71)78-46-21-30-63-29-17-18-45-77(63)78/h2-59H,1H3. The Kier molecular flexibility index (Phi) is 13.7. The topological polar surface area (TPSA) is 9.72 Å². The molecule has 1 unspecified atom stereocenters. The predicted molar refractivity (Wildman–Crippen MR) is 367 cm³/mol. The van der Waals surface area contributed by atoms with Crippen molar-refractivity contribution in [3.05, 3.63) is 369 Å². The van der Waals surface area contributed by atoms with Gasteiger partial charge in [-0.25, -0.2) is 0 Å². The van der Waals surface area contributed by atoms with Crippen molar-refractivity contribution in [3.8, 4) is 55.6 Å². The largest absolute Gasteiger partial charge is 0.310 e. The Balaban J connectivity index is 0.905. The summed E-state index contributed by atoms with van der Waals surface area (Å²) in [4.78, 5) is 7.19. The van der Waals surface area contributed by atoms with Gasteiger partial charge in [0, 0.05) is 56.6 Å². The van der Waals surface area contributed by atoms with E-state index in [1.165, 1.54) is 72.0 Å². The summed E-state index contributed by atoms with van der Waals surface area (Å²) >= 11 is 0. The minimum Gasteiger partial charge on any atom is -0.310 e. The summed E-state index contributed by atoms with van der Waals surface area (Å²) in [5, 5.41) is 2.45. The average molecular weight is 1110 g/mol. The van der Waals surface area contributed by atoms with Crippen LogP contribution in [0.5, 0.6) is 0 Å². The smallest absolute Gasteiger partial charge is 0.0482 e. The molecule has 14 aromatic carbocycles. The van der Waals surface area contributed by atoms with Crippen LogP contribution in [0.2, 0.25) is 0 Å². The first-order valence-electron chi connectivity index (χ1n) is 30.0. The van der Waals surface area contributed by atoms with Crippen LogP contribution in [-0.4, -0.2) is 0 Å². The molecule has 3 heteroatoms. The second-order valence-corrected chi connectivity index (χ2v) is 22.6. The first-order chi connectivity index (χ1) is 43.0. The highest BCUT2D eigenvalue weighted by atomic mass is 15.2. The fourth-order valence-corrected chi connectivity index (χ4v) is 13.3. The summed E-state index contributed by atoms with van der Waals surface area (Å²) in [6.07, 6.45) is 0. The number of anilines is 9. The molecule has 3 nitrogen and oxygen atoms in total. The van der Waals surface area contributed by atoms with Gasteiger partial charge in [-0.05, 0) is 193 Å². The van der Waals surface area contributed by atoms with Crippen LogP contribution >= 0.6 is 0 Å². The fraction of sp³-hybridized carbons (Fsp3) is 0.0238. The third-order valence-electron chi connectivity index (χ3n) is 17.4. The van der Waals surface area contributed by atoms with Gasteiger partial charge in [0.2, 0.25) is 0 Å². The molecule has 14 aromatic rings. The van der Waals surface area contributed by atoms with Crippen LogP contribution in [0.25, 0.3) is 66.4 Å². The zero-order valence-electron chi connectivity index (χ0n) is 48.3. The molecule has 0 fully saturated rings. The van der Waals surface area contributed by atoms with E-state index in [2.05, 4.69) is 373 Å². The molecule has 1 aliphatic rings. The van der Waals surface area contributed by atoms with Crippen molar-refractivity contribution in [2.24, 2.45) is 0 Å². The Morgan fingerprint density at radius 3 is 1.16 bits per heavy atom. The van der Waals surface area contributed by atoms with Gasteiger partial charge in [-0.3, -0.25) is 0 Å². The van der Waals surface area contributed by atoms with E-state index in [0.717, 1.165) is 62.3 Å². The van der Waals surface area contributed by atoms with Crippen molar-refractivity contribution >= 4 is 62.0 Å². The predicted octanol–water partition coefficient (Wildman–Crippen LogP) is 23.3. The number of rotatable bonds is 14. The maximum atomic E-state index is 2.44. The Morgan fingerprint density at radius 1 is 0.218 bits per heavy atom. The average Bonchev–Trinajstić information content (AvgIpc) is 1.58. The molecule has 0 aliphatic heterocycles. The molecule has 0 N–H and O–H groups in total. The van der Waals surface area contributed by atoms with E-state index in [1.54, 1.807) is 0 Å². The molecule has 0 aromatic heterocycles. The van der Waals surface area contributed by atoms with Crippen LogP contribution in [0.3, 0.4) is 0 Å². The van der Waals surface area contributed by atoms with Gasteiger partial charge in [0.1, 0.15) is 0 Å². The summed E-state index contributed by atoms with van der Waals surface area (Å²) in [6, 6.07) is 128. The molecule has 0 saturated carbocycles. The summed E-state index contributed by atoms with van der Waals surface area (Å²) in [5.74, 6) is 0. The molecule has 1 atom stereocenters. The molecule has 0 heterocycles. The molecule has 0 bridgehead atoms. The first-order valence-corrected chi connectivity index (χ1v) is 30.0. The second-order valence-electron chi connectivity index (χ2n) is 22.6. The lowest BCUT2D eigenvalue weighted by Crippen LogP contribution is -2.23. The molecule has 0 radical (unpaired) electrons. The quantitative estimate of drug-likeness (QED) is 0.107. The monoisotopic (exact) mass is 1110 g/mol. The molecule has 412 valence electrons. The van der Waals surface area contributed by atoms with E-state index < -0.39 is 5.41 Å². The van der Waals surface area contributed by atoms with Crippen molar-refractivity contribution in [2.45, 2.75) is 12.3 Å². The Hall–Kier alpha value is -11.3. The van der Waals surface area contributed by atoms with Gasteiger partial charge in [0.25, 0.3) is 0 Å². The van der Waals surface area contributed by atoms with Crippen LogP contribution < -0.4 is 14.7 Å². The highest BCUT2D eigenvalue weighted by Gasteiger charge is 2.43. The maximum absolute atomic E-state index is 2.44. The van der Waals surface area contributed by atoms with Crippen LogP contribution in [0.15, 0.2) is 352 Å². The summed E-state index contributed by atoms with van der Waals surface area (Å²) in [7, 11) is 0. The van der Waals surface area contributed by atoms with Gasteiger partial charge in [0.05, 0.1) is 0 Å². The highest BCUT2D eigenvalue weighted by molar-refractivity contribution is 5.98. The van der Waals surface area contributed by atoms with Crippen molar-refractivity contribution in [2.75, 3.05) is 14.7 Å². The van der Waals surface area contributed by atoms with Crippen molar-refractivity contribution in [1.82, 2.24) is 0 Å². The number of nitrogens with zero attached hydrogens (tertiary/aromatic N) is 3. The molecule has 0 spiro atoms. The van der Waals surface area contributed by atoms with Gasteiger partial charge in [-0.1, -0.05) is 249 Å². The van der Waals surface area contributed by atoms with E-state index in [1.807, 2.05) is 0 Å². The third kappa shape index (κ3) is 9.81. The highest BCUT2D eigenvalue weighted by Crippen LogP contribution is 2.57. The molecular formula is C84H61N3. The maximum Gasteiger partial charge on any atom is 0.0482 e. The van der Waals surface area contributed by atoms with Gasteiger partial charge in [-0.15, -0.1) is 0 Å². The number of benzene rings is 14. The minimum absolute atomic E-state index is 0.461. The van der Waals surface area contributed by atoms with Crippen LogP contribution in [0.4, 0.5) is 51.2 Å². The summed E-state index contributed by atoms with van der Waals surface area (Å²) < 4.78 is 0. The van der Waals surface area contributed by atoms with E-state index in [4.69, 9.17) is 0 Å². The SMILES string of the molecule is CC1(c2ccccc2)c2cc(-c3ccccc3)ccc2-c2cccc(-c3cccc(N(c4cccc(N(c5ccccc5)c5ccc(-c6ccccc6)cc5)c4)c4cccc(N(c5ccccc5)c5cccc(-c6cccc7ccccc67)c5)c4)c3)c21. The zero-order valence-corrected chi connectivity index (χ0v) is 48.3. The minimum atomic E-state index is -0.461. The lowest BCUT2D eigenvalue weighted by Gasteiger charge is -2.32. The van der Waals surface area contributed by atoms with Crippen LogP contribution in [0.1, 0.15) is 23.6 Å². The van der Waals surface area contributed by atoms with Gasteiger partial charge >= 0.3 is 0 Å². The molecule has 87 heavy (non-hydrogen) atoms. The van der Waals surface area contributed by atoms with Gasteiger partial charge < -0.3 is 14.7 Å². The Morgan fingerprint density at radius 2 is 0.575 bits per heavy atom. The Labute approximate surface area is 510 Å². The van der Waals surface area contributed by atoms with E-state index >= 15 is 0 Å². The van der Waals surface area contributed by atoms with E-state index in [-0.39, 0.29) is 0 Å². The zero-order chi connectivity index (χ0) is 58.1. The van der Waals surface area contributed by atoms with Crippen molar-refractivity contribution in [3.63, 3.8) is 0 Å². The molecule has 0 amide bonds. The van der Waals surface area contributed by atoms with E-state index in [9.17, 15) is 0 Å². The fourth-order valence-electron chi connectivity index (χ4n) is 13.3. The number of fused-ring (bicyclic) bond motifs is 4. The summed E-state index contributed by atoms with van der Waals surface area (Å²) in [5.41, 5.74) is 24.8. The molecule has 1 aliphatic carbocycles. The van der Waals surface area contributed by atoms with Crippen molar-refractivity contribution < 1.29 is 0 Å². The third-order valence-corrected chi connectivity index (χ3v) is 17.4. The van der Waals surface area contributed by atoms with Crippen LogP contribution in [-0.2, 0) is 5.41 Å². The Bertz CT molecular complexity index is 4750. The second kappa shape index (κ2) is 22.7. The number of hydrogen-bond donors (Lipinski definition) is 0. The van der Waals surface area contributed by atoms with Crippen LogP contribution in [0, 0.1) is 0 Å². The van der Waals surface area contributed by atoms with Gasteiger partial charge in [0.15, 0.2) is 0 Å².